The van der Waals surface area contributed by atoms with Crippen molar-refractivity contribution in [3.8, 4) is 0 Å². The van der Waals surface area contributed by atoms with E-state index in [1.54, 1.807) is 0 Å². The second-order valence-corrected chi connectivity index (χ2v) is 5.81. The minimum absolute atomic E-state index is 0.607. The summed E-state index contributed by atoms with van der Waals surface area (Å²) in [5.41, 5.74) is 5.42. The number of nitrogens with zero attached hydrogens (tertiary/aromatic N) is 1. The SMILES string of the molecule is CCc1cc(C)cc(CC)c1N(C)C(=S)NC1CC1. The highest BCUT2D eigenvalue weighted by molar-refractivity contribution is 7.80. The molecule has 2 nitrogen and oxygen atoms in total. The lowest BCUT2D eigenvalue weighted by Crippen LogP contribution is -2.39. The van der Waals surface area contributed by atoms with Gasteiger partial charge >= 0.3 is 0 Å². The first-order chi connectivity index (χ1) is 9.06. The van der Waals surface area contributed by atoms with Gasteiger partial charge in [0.2, 0.25) is 0 Å². The molecular weight excluding hydrogens is 252 g/mol. The molecule has 1 aliphatic carbocycles. The summed E-state index contributed by atoms with van der Waals surface area (Å²) in [6, 6.07) is 5.17. The molecule has 2 rings (SSSR count). The molecule has 0 aliphatic heterocycles. The van der Waals surface area contributed by atoms with Crippen molar-refractivity contribution in [1.29, 1.82) is 0 Å². The smallest absolute Gasteiger partial charge is 0.173 e. The first kappa shape index (κ1) is 14.3. The van der Waals surface area contributed by atoms with Gasteiger partial charge in [0, 0.05) is 18.8 Å². The fourth-order valence-corrected chi connectivity index (χ4v) is 2.76. The van der Waals surface area contributed by atoms with Crippen LogP contribution < -0.4 is 10.2 Å². The molecule has 0 heterocycles. The summed E-state index contributed by atoms with van der Waals surface area (Å²) in [6.07, 6.45) is 4.59. The van der Waals surface area contributed by atoms with Crippen LogP contribution in [0, 0.1) is 6.92 Å². The van der Waals surface area contributed by atoms with E-state index in [1.165, 1.54) is 35.2 Å². The average Bonchev–Trinajstić information content (AvgIpc) is 3.20. The quantitative estimate of drug-likeness (QED) is 0.846. The largest absolute Gasteiger partial charge is 0.360 e. The lowest BCUT2D eigenvalue weighted by Gasteiger charge is -2.26. The molecule has 1 fully saturated rings. The van der Waals surface area contributed by atoms with Crippen LogP contribution in [-0.2, 0) is 12.8 Å². The Morgan fingerprint density at radius 2 is 1.79 bits per heavy atom. The molecule has 0 saturated heterocycles. The molecule has 1 aromatic rings. The Bertz CT molecular complexity index is 453. The zero-order valence-electron chi connectivity index (χ0n) is 12.4. The average molecular weight is 276 g/mol. The molecular formula is C16H24N2S. The molecule has 1 N–H and O–H groups in total. The third-order valence-corrected chi connectivity index (χ3v) is 4.11. The fraction of sp³-hybridized carbons (Fsp3) is 0.562. The third-order valence-electron chi connectivity index (χ3n) is 3.72. The number of nitrogens with one attached hydrogen (secondary N) is 1. The minimum Gasteiger partial charge on any atom is -0.360 e. The number of rotatable bonds is 4. The van der Waals surface area contributed by atoms with E-state index in [4.69, 9.17) is 12.2 Å². The van der Waals surface area contributed by atoms with Crippen LogP contribution in [0.25, 0.3) is 0 Å². The number of hydrogen-bond acceptors (Lipinski definition) is 1. The van der Waals surface area contributed by atoms with Crippen LogP contribution in [0.1, 0.15) is 43.4 Å². The molecule has 19 heavy (non-hydrogen) atoms. The minimum atomic E-state index is 0.607. The molecule has 1 aliphatic rings. The van der Waals surface area contributed by atoms with Gasteiger partial charge in [-0.1, -0.05) is 31.5 Å². The van der Waals surface area contributed by atoms with E-state index < -0.39 is 0 Å². The van der Waals surface area contributed by atoms with Crippen LogP contribution >= 0.6 is 12.2 Å². The van der Waals surface area contributed by atoms with E-state index >= 15 is 0 Å². The molecule has 0 unspecified atom stereocenters. The Hall–Kier alpha value is -1.09. The Morgan fingerprint density at radius 1 is 1.26 bits per heavy atom. The predicted octanol–water partition coefficient (Wildman–Crippen LogP) is 3.59. The molecule has 0 atom stereocenters. The molecule has 104 valence electrons. The van der Waals surface area contributed by atoms with Crippen LogP contribution in [0.4, 0.5) is 5.69 Å². The van der Waals surface area contributed by atoms with Gasteiger partial charge in [-0.2, -0.15) is 0 Å². The van der Waals surface area contributed by atoms with Crippen molar-refractivity contribution in [3.05, 3.63) is 28.8 Å². The van der Waals surface area contributed by atoms with Gasteiger partial charge in [0.25, 0.3) is 0 Å². The topological polar surface area (TPSA) is 15.3 Å². The summed E-state index contributed by atoms with van der Waals surface area (Å²) in [4.78, 5) is 2.16. The van der Waals surface area contributed by atoms with Gasteiger partial charge in [-0.25, -0.2) is 0 Å². The number of thiocarbonyl (C=S) groups is 1. The molecule has 1 saturated carbocycles. The zero-order valence-corrected chi connectivity index (χ0v) is 13.2. The number of aryl methyl sites for hydroxylation is 3. The fourth-order valence-electron chi connectivity index (χ4n) is 2.50. The van der Waals surface area contributed by atoms with Crippen molar-refractivity contribution >= 4 is 23.0 Å². The molecule has 0 bridgehead atoms. The first-order valence-corrected chi connectivity index (χ1v) is 7.64. The molecule has 0 spiro atoms. The van der Waals surface area contributed by atoms with Crippen molar-refractivity contribution in [2.45, 2.75) is 52.5 Å². The summed E-state index contributed by atoms with van der Waals surface area (Å²) in [5, 5.41) is 4.28. The highest BCUT2D eigenvalue weighted by Crippen LogP contribution is 2.28. The van der Waals surface area contributed by atoms with Gasteiger partial charge in [0.15, 0.2) is 5.11 Å². The Morgan fingerprint density at radius 3 is 2.21 bits per heavy atom. The van der Waals surface area contributed by atoms with Crippen molar-refractivity contribution < 1.29 is 0 Å². The van der Waals surface area contributed by atoms with Gasteiger partial charge in [-0.15, -0.1) is 0 Å². The summed E-state index contributed by atoms with van der Waals surface area (Å²) < 4.78 is 0. The predicted molar refractivity (Wildman–Crippen MR) is 87.1 cm³/mol. The summed E-state index contributed by atoms with van der Waals surface area (Å²) in [6.45, 7) is 6.59. The van der Waals surface area contributed by atoms with E-state index in [9.17, 15) is 0 Å². The highest BCUT2D eigenvalue weighted by atomic mass is 32.1. The highest BCUT2D eigenvalue weighted by Gasteiger charge is 2.24. The normalized spacial score (nSPS) is 14.3. The summed E-state index contributed by atoms with van der Waals surface area (Å²) in [7, 11) is 2.08. The second-order valence-electron chi connectivity index (χ2n) is 5.42. The molecule has 0 amide bonds. The Kier molecular flexibility index (Phi) is 4.46. The maximum absolute atomic E-state index is 5.54. The van der Waals surface area contributed by atoms with Crippen LogP contribution in [0.2, 0.25) is 0 Å². The lowest BCUT2D eigenvalue weighted by molar-refractivity contribution is 0.896. The third kappa shape index (κ3) is 3.27. The van der Waals surface area contributed by atoms with Crippen molar-refractivity contribution in [2.75, 3.05) is 11.9 Å². The van der Waals surface area contributed by atoms with Crippen LogP contribution in [0.15, 0.2) is 12.1 Å². The lowest BCUT2D eigenvalue weighted by atomic mass is 9.99. The summed E-state index contributed by atoms with van der Waals surface area (Å²) in [5.74, 6) is 0. The monoisotopic (exact) mass is 276 g/mol. The van der Waals surface area contributed by atoms with Gasteiger partial charge in [-0.05, 0) is 56.0 Å². The van der Waals surface area contributed by atoms with Crippen molar-refractivity contribution in [2.24, 2.45) is 0 Å². The van der Waals surface area contributed by atoms with Gasteiger partial charge in [0.05, 0.1) is 0 Å². The summed E-state index contributed by atoms with van der Waals surface area (Å²) >= 11 is 5.54. The van der Waals surface area contributed by atoms with Crippen molar-refractivity contribution in [3.63, 3.8) is 0 Å². The van der Waals surface area contributed by atoms with E-state index in [2.05, 4.69) is 50.2 Å². The zero-order chi connectivity index (χ0) is 14.0. The molecule has 1 aromatic carbocycles. The number of benzene rings is 1. The van der Waals surface area contributed by atoms with E-state index in [-0.39, 0.29) is 0 Å². The van der Waals surface area contributed by atoms with Gasteiger partial charge in [-0.3, -0.25) is 0 Å². The molecule has 3 heteroatoms. The van der Waals surface area contributed by atoms with E-state index in [1.807, 2.05) is 0 Å². The Balaban J connectivity index is 2.32. The second kappa shape index (κ2) is 5.91. The van der Waals surface area contributed by atoms with Crippen molar-refractivity contribution in [1.82, 2.24) is 5.32 Å². The van der Waals surface area contributed by atoms with Crippen LogP contribution in [-0.4, -0.2) is 18.2 Å². The van der Waals surface area contributed by atoms with Crippen LogP contribution in [0.5, 0.6) is 0 Å². The molecule has 0 radical (unpaired) electrons. The number of anilines is 1. The van der Waals surface area contributed by atoms with E-state index in [0.29, 0.717) is 6.04 Å². The first-order valence-electron chi connectivity index (χ1n) is 7.23. The van der Waals surface area contributed by atoms with E-state index in [0.717, 1.165) is 18.0 Å². The maximum Gasteiger partial charge on any atom is 0.173 e. The maximum atomic E-state index is 5.54. The molecule has 0 aromatic heterocycles. The van der Waals surface area contributed by atoms with Crippen LogP contribution in [0.3, 0.4) is 0 Å². The number of hydrogen-bond donors (Lipinski definition) is 1. The standard InChI is InChI=1S/C16H24N2S/c1-5-12-9-11(3)10-13(6-2)15(12)18(4)16(19)17-14-7-8-14/h9-10,14H,5-8H2,1-4H3,(H,17,19). The Labute approximate surface area is 122 Å². The van der Waals surface area contributed by atoms with Gasteiger partial charge in [0.1, 0.15) is 0 Å². The van der Waals surface area contributed by atoms with Gasteiger partial charge < -0.3 is 10.2 Å².